The lowest BCUT2D eigenvalue weighted by Crippen LogP contribution is -2.08. The summed E-state index contributed by atoms with van der Waals surface area (Å²) in [5, 5.41) is 6.44. The van der Waals surface area contributed by atoms with Gasteiger partial charge in [0.2, 0.25) is 0 Å². The van der Waals surface area contributed by atoms with Gasteiger partial charge in [-0.25, -0.2) is 4.39 Å². The summed E-state index contributed by atoms with van der Waals surface area (Å²) < 4.78 is 13.5. The van der Waals surface area contributed by atoms with Crippen LogP contribution in [0.2, 0.25) is 0 Å². The number of fused-ring (bicyclic) bond motifs is 1. The molecule has 1 aromatic rings. The molecule has 0 radical (unpaired) electrons. The van der Waals surface area contributed by atoms with Gasteiger partial charge in [-0.05, 0) is 37.5 Å². The molecule has 1 aromatic heterocycles. The Morgan fingerprint density at radius 1 is 1.29 bits per heavy atom. The third kappa shape index (κ3) is 1.13. The molecule has 4 heteroatoms. The number of H-pyrrole nitrogens is 1. The Morgan fingerprint density at radius 3 is 2.79 bits per heavy atom. The fourth-order valence-corrected chi connectivity index (χ4v) is 2.74. The van der Waals surface area contributed by atoms with Gasteiger partial charge < -0.3 is 5.73 Å². The highest BCUT2D eigenvalue weighted by molar-refractivity contribution is 5.33. The summed E-state index contributed by atoms with van der Waals surface area (Å²) in [6.07, 6.45) is 4.79. The quantitative estimate of drug-likeness (QED) is 0.720. The van der Waals surface area contributed by atoms with Crippen LogP contribution in [0.25, 0.3) is 0 Å². The van der Waals surface area contributed by atoms with Crippen molar-refractivity contribution in [1.82, 2.24) is 10.2 Å². The lowest BCUT2D eigenvalue weighted by molar-refractivity contribution is 0.406. The largest absolute Gasteiger partial charge is 0.380 e. The van der Waals surface area contributed by atoms with E-state index in [1.807, 2.05) is 0 Å². The maximum atomic E-state index is 13.5. The molecule has 2 aliphatic rings. The number of nitrogens with one attached hydrogen (secondary N) is 1. The second-order valence-corrected chi connectivity index (χ2v) is 4.60. The monoisotopic (exact) mass is 195 g/mol. The second-order valence-electron chi connectivity index (χ2n) is 4.60. The first kappa shape index (κ1) is 8.26. The number of nitrogen functional groups attached to an aromatic ring is 1. The molecule has 1 heterocycles. The molecule has 2 fully saturated rings. The molecule has 2 aliphatic carbocycles. The number of rotatable bonds is 1. The van der Waals surface area contributed by atoms with Gasteiger partial charge in [0.15, 0.2) is 11.6 Å². The van der Waals surface area contributed by atoms with Crippen LogP contribution in [0.1, 0.15) is 37.3 Å². The number of hydrogen-bond acceptors (Lipinski definition) is 2. The van der Waals surface area contributed by atoms with E-state index in [0.29, 0.717) is 11.6 Å². The van der Waals surface area contributed by atoms with Crippen LogP contribution in [0.3, 0.4) is 0 Å². The third-order valence-corrected chi connectivity index (χ3v) is 3.71. The third-order valence-electron chi connectivity index (χ3n) is 3.71. The highest BCUT2D eigenvalue weighted by Crippen LogP contribution is 2.53. The second kappa shape index (κ2) is 2.72. The molecule has 0 bridgehead atoms. The molecule has 2 saturated carbocycles. The molecule has 3 nitrogen and oxygen atoms in total. The Labute approximate surface area is 81.9 Å². The number of aromatic nitrogens is 2. The van der Waals surface area contributed by atoms with Gasteiger partial charge in [0.25, 0.3) is 0 Å². The number of halogens is 1. The van der Waals surface area contributed by atoms with E-state index in [1.54, 1.807) is 0 Å². The van der Waals surface area contributed by atoms with Crippen LogP contribution in [0.5, 0.6) is 0 Å². The zero-order valence-electron chi connectivity index (χ0n) is 7.96. The normalized spacial score (nSPS) is 35.4. The van der Waals surface area contributed by atoms with Gasteiger partial charge in [-0.1, -0.05) is 0 Å². The van der Waals surface area contributed by atoms with Gasteiger partial charge >= 0.3 is 0 Å². The minimum Gasteiger partial charge on any atom is -0.380 e. The molecule has 14 heavy (non-hydrogen) atoms. The summed E-state index contributed by atoms with van der Waals surface area (Å²) >= 11 is 0. The zero-order chi connectivity index (χ0) is 9.71. The molecule has 0 amide bonds. The van der Waals surface area contributed by atoms with E-state index in [2.05, 4.69) is 10.2 Å². The standard InChI is InChI=1S/C10H14FN3/c11-8-9(13-14-10(8)12)6-2-1-5-3-7(5)4-6/h5-7H,1-4H2,(H3,12,13,14). The average molecular weight is 195 g/mol. The summed E-state index contributed by atoms with van der Waals surface area (Å²) in [4.78, 5) is 0. The van der Waals surface area contributed by atoms with E-state index in [4.69, 9.17) is 5.73 Å². The van der Waals surface area contributed by atoms with Crippen LogP contribution in [0, 0.1) is 17.7 Å². The van der Waals surface area contributed by atoms with Crippen molar-refractivity contribution >= 4 is 5.82 Å². The van der Waals surface area contributed by atoms with E-state index in [-0.39, 0.29) is 11.6 Å². The van der Waals surface area contributed by atoms with Crippen molar-refractivity contribution in [3.8, 4) is 0 Å². The first-order chi connectivity index (χ1) is 6.75. The number of hydrogen-bond donors (Lipinski definition) is 2. The smallest absolute Gasteiger partial charge is 0.188 e. The molecule has 3 unspecified atom stereocenters. The van der Waals surface area contributed by atoms with Crippen molar-refractivity contribution in [2.24, 2.45) is 11.8 Å². The van der Waals surface area contributed by atoms with Crippen molar-refractivity contribution in [1.29, 1.82) is 0 Å². The van der Waals surface area contributed by atoms with E-state index in [1.165, 1.54) is 12.8 Å². The Hall–Kier alpha value is -1.06. The van der Waals surface area contributed by atoms with E-state index in [0.717, 1.165) is 24.7 Å². The molecule has 3 rings (SSSR count). The summed E-state index contributed by atoms with van der Waals surface area (Å²) in [7, 11) is 0. The first-order valence-corrected chi connectivity index (χ1v) is 5.25. The van der Waals surface area contributed by atoms with Crippen LogP contribution in [-0.2, 0) is 0 Å². The van der Waals surface area contributed by atoms with Crippen molar-refractivity contribution in [3.63, 3.8) is 0 Å². The maximum Gasteiger partial charge on any atom is 0.188 e. The Kier molecular flexibility index (Phi) is 1.60. The Morgan fingerprint density at radius 2 is 2.14 bits per heavy atom. The predicted molar refractivity (Wildman–Crippen MR) is 51.1 cm³/mol. The highest BCUT2D eigenvalue weighted by Gasteiger charge is 2.43. The number of anilines is 1. The molecule has 0 aromatic carbocycles. The topological polar surface area (TPSA) is 54.7 Å². The van der Waals surface area contributed by atoms with E-state index in [9.17, 15) is 4.39 Å². The summed E-state index contributed by atoms with van der Waals surface area (Å²) in [6, 6.07) is 0. The SMILES string of the molecule is Nc1n[nH]c(C2CCC3CC3C2)c1F. The van der Waals surface area contributed by atoms with E-state index >= 15 is 0 Å². The summed E-state index contributed by atoms with van der Waals surface area (Å²) in [6.45, 7) is 0. The van der Waals surface area contributed by atoms with Crippen LogP contribution >= 0.6 is 0 Å². The molecule has 0 spiro atoms. The van der Waals surface area contributed by atoms with Gasteiger partial charge in [0, 0.05) is 5.92 Å². The number of aromatic amines is 1. The summed E-state index contributed by atoms with van der Waals surface area (Å²) in [5.41, 5.74) is 6.01. The first-order valence-electron chi connectivity index (χ1n) is 5.25. The van der Waals surface area contributed by atoms with Crippen molar-refractivity contribution in [3.05, 3.63) is 11.5 Å². The van der Waals surface area contributed by atoms with Crippen molar-refractivity contribution in [2.45, 2.75) is 31.6 Å². The maximum absolute atomic E-state index is 13.5. The molecule has 3 atom stereocenters. The lowest BCUT2D eigenvalue weighted by Gasteiger charge is -2.19. The fraction of sp³-hybridized carbons (Fsp3) is 0.700. The van der Waals surface area contributed by atoms with Crippen LogP contribution in [0.4, 0.5) is 10.2 Å². The average Bonchev–Trinajstić information content (AvgIpc) is 2.88. The van der Waals surface area contributed by atoms with E-state index < -0.39 is 0 Å². The van der Waals surface area contributed by atoms with Crippen molar-refractivity contribution < 1.29 is 4.39 Å². The summed E-state index contributed by atoms with van der Waals surface area (Å²) in [5.74, 6) is 1.79. The van der Waals surface area contributed by atoms with Gasteiger partial charge in [0.05, 0.1) is 5.69 Å². The van der Waals surface area contributed by atoms with Crippen LogP contribution < -0.4 is 5.73 Å². The molecule has 0 aliphatic heterocycles. The molecule has 3 N–H and O–H groups in total. The molecule has 0 saturated heterocycles. The van der Waals surface area contributed by atoms with Crippen LogP contribution in [0.15, 0.2) is 0 Å². The predicted octanol–water partition coefficient (Wildman–Crippen LogP) is 2.03. The van der Waals surface area contributed by atoms with Gasteiger partial charge in [0.1, 0.15) is 0 Å². The molecular formula is C10H14FN3. The lowest BCUT2D eigenvalue weighted by atomic mass is 9.87. The van der Waals surface area contributed by atoms with Crippen LogP contribution in [-0.4, -0.2) is 10.2 Å². The minimum atomic E-state index is -0.325. The van der Waals surface area contributed by atoms with Gasteiger partial charge in [-0.3, -0.25) is 5.10 Å². The number of nitrogens with zero attached hydrogens (tertiary/aromatic N) is 1. The zero-order valence-corrected chi connectivity index (χ0v) is 7.96. The Balaban J connectivity index is 1.84. The number of nitrogens with two attached hydrogens (primary N) is 1. The van der Waals surface area contributed by atoms with Gasteiger partial charge in [-0.15, -0.1) is 0 Å². The fourth-order valence-electron chi connectivity index (χ4n) is 2.74. The van der Waals surface area contributed by atoms with Gasteiger partial charge in [-0.2, -0.15) is 5.10 Å². The van der Waals surface area contributed by atoms with Crippen molar-refractivity contribution in [2.75, 3.05) is 5.73 Å². The minimum absolute atomic E-state index is 0.0120. The molecule has 76 valence electrons. The Bertz CT molecular complexity index is 360. The highest BCUT2D eigenvalue weighted by atomic mass is 19.1. The molecular weight excluding hydrogens is 181 g/mol.